The highest BCUT2D eigenvalue weighted by molar-refractivity contribution is 6.36. The molecule has 6 heteroatoms. The van der Waals surface area contributed by atoms with Gasteiger partial charge in [0, 0.05) is 10.6 Å². The van der Waals surface area contributed by atoms with Crippen molar-refractivity contribution in [3.63, 3.8) is 0 Å². The van der Waals surface area contributed by atoms with Gasteiger partial charge in [-0.05, 0) is 25.1 Å². The number of hydrogen-bond acceptors (Lipinski definition) is 3. The molecule has 0 atom stereocenters. The summed E-state index contributed by atoms with van der Waals surface area (Å²) in [6, 6.07) is 4.71. The van der Waals surface area contributed by atoms with Crippen LogP contribution in [-0.2, 0) is 0 Å². The van der Waals surface area contributed by atoms with Crippen molar-refractivity contribution >= 4 is 29.2 Å². The van der Waals surface area contributed by atoms with Crippen LogP contribution in [0.25, 0.3) is 11.3 Å². The van der Waals surface area contributed by atoms with E-state index in [2.05, 4.69) is 5.16 Å². The second kappa shape index (κ2) is 4.39. The Bertz CT molecular complexity index is 592. The molecule has 17 heavy (non-hydrogen) atoms. The Morgan fingerprint density at radius 3 is 2.71 bits per heavy atom. The normalized spacial score (nSPS) is 10.5. The number of carboxylic acid groups (broad SMARTS) is 1. The molecule has 0 aliphatic carbocycles. The summed E-state index contributed by atoms with van der Waals surface area (Å²) >= 11 is 11.7. The van der Waals surface area contributed by atoms with Crippen LogP contribution in [0, 0.1) is 6.92 Å². The summed E-state index contributed by atoms with van der Waals surface area (Å²) in [5.74, 6) is -0.971. The van der Waals surface area contributed by atoms with Crippen molar-refractivity contribution in [2.45, 2.75) is 6.92 Å². The number of benzene rings is 1. The van der Waals surface area contributed by atoms with Gasteiger partial charge in [0.2, 0.25) is 0 Å². The van der Waals surface area contributed by atoms with E-state index in [1.54, 1.807) is 19.1 Å². The van der Waals surface area contributed by atoms with Crippen molar-refractivity contribution in [3.8, 4) is 11.3 Å². The third-order valence-electron chi connectivity index (χ3n) is 2.25. The molecule has 0 aliphatic heterocycles. The maximum atomic E-state index is 11.1. The summed E-state index contributed by atoms with van der Waals surface area (Å²) in [4.78, 5) is 11.1. The Kier molecular flexibility index (Phi) is 3.09. The van der Waals surface area contributed by atoms with Crippen molar-refractivity contribution in [1.29, 1.82) is 0 Å². The molecule has 0 fully saturated rings. The highest BCUT2D eigenvalue weighted by atomic mass is 35.5. The van der Waals surface area contributed by atoms with Gasteiger partial charge in [0.15, 0.2) is 5.76 Å². The zero-order chi connectivity index (χ0) is 12.6. The second-order valence-electron chi connectivity index (χ2n) is 3.40. The largest absolute Gasteiger partial charge is 0.477 e. The summed E-state index contributed by atoms with van der Waals surface area (Å²) in [6.07, 6.45) is 0. The van der Waals surface area contributed by atoms with Crippen LogP contribution in [0.3, 0.4) is 0 Å². The summed E-state index contributed by atoms with van der Waals surface area (Å²) in [5.41, 5.74) is 0.766. The number of nitrogens with zero attached hydrogens (tertiary/aromatic N) is 1. The van der Waals surface area contributed by atoms with Crippen molar-refractivity contribution in [3.05, 3.63) is 39.5 Å². The summed E-state index contributed by atoms with van der Waals surface area (Å²) < 4.78 is 5.01. The van der Waals surface area contributed by atoms with Crippen LogP contribution in [-0.4, -0.2) is 16.2 Å². The third kappa shape index (κ3) is 2.14. The monoisotopic (exact) mass is 271 g/mol. The average molecular weight is 272 g/mol. The molecule has 1 N–H and O–H groups in total. The summed E-state index contributed by atoms with van der Waals surface area (Å²) in [6.45, 7) is 1.56. The van der Waals surface area contributed by atoms with Gasteiger partial charge in [0.25, 0.3) is 0 Å². The minimum Gasteiger partial charge on any atom is -0.477 e. The maximum absolute atomic E-state index is 11.1. The molecule has 4 nitrogen and oxygen atoms in total. The molecule has 0 radical (unpaired) electrons. The standard InChI is InChI=1S/C11H7Cl2NO3/c1-5-9(11(15)16)10(17-14-5)7-3-2-6(12)4-8(7)13/h2-4H,1H3,(H,15,16). The van der Waals surface area contributed by atoms with Gasteiger partial charge >= 0.3 is 5.97 Å². The second-order valence-corrected chi connectivity index (χ2v) is 4.25. The molecule has 0 saturated carbocycles. The Balaban J connectivity index is 2.65. The molecule has 2 aromatic rings. The van der Waals surface area contributed by atoms with Gasteiger partial charge in [-0.1, -0.05) is 28.4 Å². The zero-order valence-corrected chi connectivity index (χ0v) is 10.2. The van der Waals surface area contributed by atoms with Crippen molar-refractivity contribution in [1.82, 2.24) is 5.16 Å². The number of hydrogen-bond donors (Lipinski definition) is 1. The highest BCUT2D eigenvalue weighted by Gasteiger charge is 2.22. The fourth-order valence-corrected chi connectivity index (χ4v) is 1.97. The van der Waals surface area contributed by atoms with E-state index in [9.17, 15) is 4.79 Å². The summed E-state index contributed by atoms with van der Waals surface area (Å²) in [5, 5.41) is 13.5. The first-order valence-corrected chi connectivity index (χ1v) is 5.41. The first-order chi connectivity index (χ1) is 8.00. The Morgan fingerprint density at radius 1 is 1.41 bits per heavy atom. The molecule has 0 spiro atoms. The molecule has 1 aromatic carbocycles. The predicted molar refractivity (Wildman–Crippen MR) is 63.7 cm³/mol. The Morgan fingerprint density at radius 2 is 2.12 bits per heavy atom. The predicted octanol–water partition coefficient (Wildman–Crippen LogP) is 3.66. The highest BCUT2D eigenvalue weighted by Crippen LogP contribution is 2.33. The van der Waals surface area contributed by atoms with Crippen LogP contribution in [0.15, 0.2) is 22.7 Å². The molecule has 1 aromatic heterocycles. The number of carbonyl (C=O) groups is 1. The molecule has 2 rings (SSSR count). The fourth-order valence-electron chi connectivity index (χ4n) is 1.48. The van der Waals surface area contributed by atoms with E-state index >= 15 is 0 Å². The van der Waals surface area contributed by atoms with Crippen LogP contribution in [0.2, 0.25) is 10.0 Å². The van der Waals surface area contributed by atoms with Gasteiger partial charge in [0.1, 0.15) is 5.56 Å². The van der Waals surface area contributed by atoms with Crippen LogP contribution in [0.5, 0.6) is 0 Å². The third-order valence-corrected chi connectivity index (χ3v) is 2.80. The molecule has 0 aliphatic rings. The molecular weight excluding hydrogens is 265 g/mol. The van der Waals surface area contributed by atoms with Gasteiger partial charge in [-0.25, -0.2) is 4.79 Å². The first-order valence-electron chi connectivity index (χ1n) is 4.65. The number of aryl methyl sites for hydroxylation is 1. The molecule has 0 bridgehead atoms. The lowest BCUT2D eigenvalue weighted by molar-refractivity contribution is 0.0696. The van der Waals surface area contributed by atoms with Gasteiger partial charge in [-0.2, -0.15) is 0 Å². The van der Waals surface area contributed by atoms with Crippen molar-refractivity contribution < 1.29 is 14.4 Å². The average Bonchev–Trinajstić information content (AvgIpc) is 2.60. The maximum Gasteiger partial charge on any atom is 0.341 e. The lowest BCUT2D eigenvalue weighted by atomic mass is 10.1. The quantitative estimate of drug-likeness (QED) is 0.906. The topological polar surface area (TPSA) is 63.3 Å². The van der Waals surface area contributed by atoms with Crippen LogP contribution in [0.4, 0.5) is 0 Å². The number of aromatic carboxylic acids is 1. The van der Waals surface area contributed by atoms with E-state index in [1.165, 1.54) is 6.07 Å². The minimum absolute atomic E-state index is 0.00854. The SMILES string of the molecule is Cc1noc(-c2ccc(Cl)cc2Cl)c1C(=O)O. The fraction of sp³-hybridized carbons (Fsp3) is 0.0909. The number of rotatable bonds is 2. The van der Waals surface area contributed by atoms with E-state index in [0.717, 1.165) is 0 Å². The van der Waals surface area contributed by atoms with Crippen LogP contribution < -0.4 is 0 Å². The molecule has 1 heterocycles. The number of halogens is 2. The van der Waals surface area contributed by atoms with Gasteiger partial charge in [-0.15, -0.1) is 0 Å². The smallest absolute Gasteiger partial charge is 0.341 e. The molecule has 0 unspecified atom stereocenters. The van der Waals surface area contributed by atoms with E-state index in [0.29, 0.717) is 21.3 Å². The van der Waals surface area contributed by atoms with E-state index in [4.69, 9.17) is 32.8 Å². The van der Waals surface area contributed by atoms with Gasteiger partial charge in [0.05, 0.1) is 10.7 Å². The van der Waals surface area contributed by atoms with Crippen molar-refractivity contribution in [2.75, 3.05) is 0 Å². The lowest BCUT2D eigenvalue weighted by Gasteiger charge is -2.01. The lowest BCUT2D eigenvalue weighted by Crippen LogP contribution is -1.99. The molecular formula is C11H7Cl2NO3. The van der Waals surface area contributed by atoms with E-state index in [1.807, 2.05) is 0 Å². The molecule has 0 saturated heterocycles. The van der Waals surface area contributed by atoms with E-state index < -0.39 is 5.97 Å². The number of aromatic nitrogens is 1. The van der Waals surface area contributed by atoms with Crippen molar-refractivity contribution in [2.24, 2.45) is 0 Å². The Labute approximate surface area is 107 Å². The van der Waals surface area contributed by atoms with Gasteiger partial charge < -0.3 is 9.63 Å². The van der Waals surface area contributed by atoms with E-state index in [-0.39, 0.29) is 11.3 Å². The summed E-state index contributed by atoms with van der Waals surface area (Å²) in [7, 11) is 0. The first kappa shape index (κ1) is 12.0. The Hall–Kier alpha value is -1.52. The zero-order valence-electron chi connectivity index (χ0n) is 8.70. The van der Waals surface area contributed by atoms with Crippen LogP contribution in [0.1, 0.15) is 16.1 Å². The minimum atomic E-state index is -1.11. The molecule has 0 amide bonds. The van der Waals surface area contributed by atoms with Gasteiger partial charge in [-0.3, -0.25) is 0 Å². The molecule has 88 valence electrons. The van der Waals surface area contributed by atoms with Crippen LogP contribution >= 0.6 is 23.2 Å². The number of carboxylic acids is 1.